The maximum absolute atomic E-state index is 12.7. The molecule has 2 aromatic rings. The summed E-state index contributed by atoms with van der Waals surface area (Å²) in [4.78, 5) is 14.6. The number of likely N-dealkylation sites (tertiary alicyclic amines) is 1. The van der Waals surface area contributed by atoms with Crippen molar-refractivity contribution in [2.75, 3.05) is 25.5 Å². The van der Waals surface area contributed by atoms with Crippen LogP contribution in [0.5, 0.6) is 5.75 Å². The zero-order valence-electron chi connectivity index (χ0n) is 18.3. The third-order valence-electron chi connectivity index (χ3n) is 6.67. The molecule has 1 aliphatic heterocycles. The molecule has 0 spiro atoms. The van der Waals surface area contributed by atoms with Crippen LogP contribution < -0.4 is 10.1 Å². The average molecular weight is 409 g/mol. The van der Waals surface area contributed by atoms with E-state index < -0.39 is 5.60 Å². The van der Waals surface area contributed by atoms with E-state index in [1.807, 2.05) is 29.2 Å². The summed E-state index contributed by atoms with van der Waals surface area (Å²) in [5.74, 6) is 1.37. The fourth-order valence-electron chi connectivity index (χ4n) is 4.94. The number of ether oxygens (including phenoxy) is 1. The number of benzene rings is 2. The van der Waals surface area contributed by atoms with E-state index in [4.69, 9.17) is 4.74 Å². The molecule has 5 nitrogen and oxygen atoms in total. The molecular weight excluding hydrogens is 376 g/mol. The van der Waals surface area contributed by atoms with Gasteiger partial charge in [-0.15, -0.1) is 0 Å². The van der Waals surface area contributed by atoms with E-state index in [1.54, 1.807) is 7.11 Å². The molecule has 2 fully saturated rings. The van der Waals surface area contributed by atoms with Crippen LogP contribution in [0.4, 0.5) is 10.5 Å². The Labute approximate surface area is 179 Å². The van der Waals surface area contributed by atoms with Gasteiger partial charge in [0.25, 0.3) is 0 Å². The molecular formula is C25H32N2O3. The highest BCUT2D eigenvalue weighted by Gasteiger charge is 2.49. The molecule has 2 aromatic carbocycles. The number of nitrogens with one attached hydrogen (secondary N) is 1. The summed E-state index contributed by atoms with van der Waals surface area (Å²) in [5, 5.41) is 14.3. The molecule has 0 aromatic heterocycles. The van der Waals surface area contributed by atoms with Crippen LogP contribution in [0.15, 0.2) is 48.5 Å². The van der Waals surface area contributed by atoms with Gasteiger partial charge in [0.15, 0.2) is 0 Å². The molecule has 2 unspecified atom stereocenters. The average Bonchev–Trinajstić information content (AvgIpc) is 3.23. The maximum Gasteiger partial charge on any atom is 0.321 e. The van der Waals surface area contributed by atoms with Gasteiger partial charge in [-0.25, -0.2) is 4.79 Å². The molecule has 2 aliphatic rings. The van der Waals surface area contributed by atoms with Crippen molar-refractivity contribution in [3.8, 4) is 5.75 Å². The standard InChI is InChI=1S/C25H32N2O3/c1-24(2,3)19-8-10-20(11-9-19)25(29)13-17-15-27(16-18(17)14-25)23(28)26-21-6-5-7-22(12-21)30-4/h5-12,17-18,29H,13-16H2,1-4H3,(H,26,28). The molecule has 2 atom stereocenters. The quantitative estimate of drug-likeness (QED) is 0.770. The van der Waals surface area contributed by atoms with Crippen molar-refractivity contribution >= 4 is 11.7 Å². The monoisotopic (exact) mass is 408 g/mol. The molecule has 1 heterocycles. The number of carbonyl (C=O) groups is 1. The summed E-state index contributed by atoms with van der Waals surface area (Å²) >= 11 is 0. The zero-order valence-corrected chi connectivity index (χ0v) is 18.3. The van der Waals surface area contributed by atoms with Crippen molar-refractivity contribution in [3.05, 3.63) is 59.7 Å². The molecule has 2 amide bonds. The summed E-state index contributed by atoms with van der Waals surface area (Å²) < 4.78 is 5.22. The first-order valence-electron chi connectivity index (χ1n) is 10.7. The summed E-state index contributed by atoms with van der Waals surface area (Å²) in [6, 6.07) is 15.7. The predicted molar refractivity (Wildman–Crippen MR) is 119 cm³/mol. The minimum atomic E-state index is -0.791. The van der Waals surface area contributed by atoms with E-state index in [0.717, 1.165) is 11.3 Å². The van der Waals surface area contributed by atoms with Crippen molar-refractivity contribution in [1.82, 2.24) is 4.90 Å². The Morgan fingerprint density at radius 1 is 1.10 bits per heavy atom. The van der Waals surface area contributed by atoms with Crippen LogP contribution in [0.2, 0.25) is 0 Å². The molecule has 2 N–H and O–H groups in total. The number of urea groups is 1. The minimum absolute atomic E-state index is 0.0873. The van der Waals surface area contributed by atoms with Gasteiger partial charge in [0.1, 0.15) is 5.75 Å². The lowest BCUT2D eigenvalue weighted by Gasteiger charge is -2.28. The smallest absolute Gasteiger partial charge is 0.321 e. The number of anilines is 1. The van der Waals surface area contributed by atoms with Crippen LogP contribution >= 0.6 is 0 Å². The van der Waals surface area contributed by atoms with Crippen molar-refractivity contribution in [1.29, 1.82) is 0 Å². The minimum Gasteiger partial charge on any atom is -0.497 e. The van der Waals surface area contributed by atoms with E-state index in [-0.39, 0.29) is 11.4 Å². The number of fused-ring (bicyclic) bond motifs is 1. The Morgan fingerprint density at radius 2 is 1.73 bits per heavy atom. The van der Waals surface area contributed by atoms with Crippen molar-refractivity contribution < 1.29 is 14.6 Å². The largest absolute Gasteiger partial charge is 0.497 e. The number of carbonyl (C=O) groups excluding carboxylic acids is 1. The lowest BCUT2D eigenvalue weighted by Crippen LogP contribution is -2.35. The maximum atomic E-state index is 12.7. The van der Waals surface area contributed by atoms with Gasteiger partial charge in [-0.1, -0.05) is 51.1 Å². The molecule has 30 heavy (non-hydrogen) atoms. The number of aliphatic hydroxyl groups is 1. The number of rotatable bonds is 3. The van der Waals surface area contributed by atoms with Crippen LogP contribution in [0.1, 0.15) is 44.7 Å². The molecule has 0 bridgehead atoms. The van der Waals surface area contributed by atoms with Gasteiger partial charge in [0, 0.05) is 24.8 Å². The highest BCUT2D eigenvalue weighted by Crippen LogP contribution is 2.49. The van der Waals surface area contributed by atoms with E-state index in [2.05, 4.69) is 50.4 Å². The second kappa shape index (κ2) is 7.62. The number of hydrogen-bond acceptors (Lipinski definition) is 3. The van der Waals surface area contributed by atoms with Crippen molar-refractivity contribution in [3.63, 3.8) is 0 Å². The van der Waals surface area contributed by atoms with E-state index in [0.29, 0.717) is 43.5 Å². The summed E-state index contributed by atoms with van der Waals surface area (Å²) in [7, 11) is 1.61. The van der Waals surface area contributed by atoms with Gasteiger partial charge in [-0.3, -0.25) is 0 Å². The Morgan fingerprint density at radius 3 is 2.30 bits per heavy atom. The highest BCUT2D eigenvalue weighted by molar-refractivity contribution is 5.89. The summed E-state index contributed by atoms with van der Waals surface area (Å²) in [6.07, 6.45) is 1.41. The van der Waals surface area contributed by atoms with Crippen molar-refractivity contribution in [2.24, 2.45) is 11.8 Å². The van der Waals surface area contributed by atoms with Gasteiger partial charge in [-0.2, -0.15) is 0 Å². The molecule has 1 aliphatic carbocycles. The first kappa shape index (κ1) is 20.7. The Bertz CT molecular complexity index is 903. The number of amides is 2. The predicted octanol–water partition coefficient (Wildman–Crippen LogP) is 4.75. The summed E-state index contributed by atoms with van der Waals surface area (Å²) in [6.45, 7) is 7.96. The van der Waals surface area contributed by atoms with E-state index in [9.17, 15) is 9.90 Å². The molecule has 1 saturated carbocycles. The molecule has 0 radical (unpaired) electrons. The van der Waals surface area contributed by atoms with Crippen LogP contribution in [0, 0.1) is 11.8 Å². The van der Waals surface area contributed by atoms with Crippen LogP contribution in [-0.2, 0) is 11.0 Å². The third-order valence-corrected chi connectivity index (χ3v) is 6.67. The second-order valence-corrected chi connectivity index (χ2v) is 9.85. The number of methoxy groups -OCH3 is 1. The Kier molecular flexibility index (Phi) is 5.27. The fourth-order valence-corrected chi connectivity index (χ4v) is 4.94. The lowest BCUT2D eigenvalue weighted by molar-refractivity contribution is 0.0328. The third kappa shape index (κ3) is 4.04. The highest BCUT2D eigenvalue weighted by atomic mass is 16.5. The Balaban J connectivity index is 1.39. The van der Waals surface area contributed by atoms with Crippen LogP contribution in [0.3, 0.4) is 0 Å². The number of hydrogen-bond donors (Lipinski definition) is 2. The van der Waals surface area contributed by atoms with E-state index in [1.165, 1.54) is 5.56 Å². The molecule has 160 valence electrons. The second-order valence-electron chi connectivity index (χ2n) is 9.85. The topological polar surface area (TPSA) is 61.8 Å². The van der Waals surface area contributed by atoms with Gasteiger partial charge in [-0.05, 0) is 53.4 Å². The number of nitrogens with zero attached hydrogens (tertiary/aromatic N) is 1. The normalized spacial score (nSPS) is 25.8. The first-order valence-corrected chi connectivity index (χ1v) is 10.7. The molecule has 4 rings (SSSR count). The van der Waals surface area contributed by atoms with Gasteiger partial charge in [0.2, 0.25) is 0 Å². The van der Waals surface area contributed by atoms with E-state index >= 15 is 0 Å². The SMILES string of the molecule is COc1cccc(NC(=O)N2CC3CC(O)(c4ccc(C(C)(C)C)cc4)CC3C2)c1. The summed E-state index contributed by atoms with van der Waals surface area (Å²) in [5.41, 5.74) is 2.31. The first-order chi connectivity index (χ1) is 14.2. The molecule has 5 heteroatoms. The van der Waals surface area contributed by atoms with Gasteiger partial charge in [0.05, 0.1) is 12.7 Å². The van der Waals surface area contributed by atoms with Crippen LogP contribution in [0.25, 0.3) is 0 Å². The lowest BCUT2D eigenvalue weighted by atomic mass is 9.84. The van der Waals surface area contributed by atoms with Crippen molar-refractivity contribution in [2.45, 2.75) is 44.6 Å². The van der Waals surface area contributed by atoms with Crippen LogP contribution in [-0.4, -0.2) is 36.2 Å². The van der Waals surface area contributed by atoms with Gasteiger partial charge < -0.3 is 20.1 Å². The fraction of sp³-hybridized carbons (Fsp3) is 0.480. The Hall–Kier alpha value is -2.53. The zero-order chi connectivity index (χ0) is 21.5. The molecule has 1 saturated heterocycles. The van der Waals surface area contributed by atoms with Gasteiger partial charge >= 0.3 is 6.03 Å².